The number of likely N-dealkylation sites (tertiary alicyclic amines) is 1. The van der Waals surface area contributed by atoms with Crippen LogP contribution < -0.4 is 0 Å². The molecule has 0 aromatic heterocycles. The minimum absolute atomic E-state index is 0. The lowest BCUT2D eigenvalue weighted by Crippen LogP contribution is -2.38. The largest absolute Gasteiger partial charge is 0.478 e. The van der Waals surface area contributed by atoms with E-state index in [0.29, 0.717) is 23.3 Å². The fourth-order valence-corrected chi connectivity index (χ4v) is 5.21. The number of hydrogen-bond acceptors (Lipinski definition) is 2. The highest BCUT2D eigenvalue weighted by atomic mass is 79.9. The van der Waals surface area contributed by atoms with Gasteiger partial charge in [-0.3, -0.25) is 0 Å². The van der Waals surface area contributed by atoms with Gasteiger partial charge in [0, 0.05) is 22.9 Å². The summed E-state index contributed by atoms with van der Waals surface area (Å²) in [6.45, 7) is 7.76. The number of halogens is 2. The van der Waals surface area contributed by atoms with Crippen molar-refractivity contribution < 1.29 is 9.90 Å². The molecule has 2 aromatic rings. The molecule has 0 spiro atoms. The van der Waals surface area contributed by atoms with Gasteiger partial charge in [-0.05, 0) is 72.8 Å². The third-order valence-corrected chi connectivity index (χ3v) is 7.10. The Morgan fingerprint density at radius 1 is 1.22 bits per heavy atom. The zero-order valence-electron chi connectivity index (χ0n) is 15.6. The van der Waals surface area contributed by atoms with E-state index in [1.54, 1.807) is 12.1 Å². The van der Waals surface area contributed by atoms with Crippen molar-refractivity contribution in [2.75, 3.05) is 19.6 Å². The smallest absolute Gasteiger partial charge is 0.335 e. The van der Waals surface area contributed by atoms with Gasteiger partial charge < -0.3 is 10.0 Å². The summed E-state index contributed by atoms with van der Waals surface area (Å²) in [5.41, 5.74) is 5.77. The van der Waals surface area contributed by atoms with Gasteiger partial charge in [-0.25, -0.2) is 4.79 Å². The number of aryl methyl sites for hydroxylation is 1. The first-order valence-corrected chi connectivity index (χ1v) is 10.1. The van der Waals surface area contributed by atoms with Gasteiger partial charge in [0.25, 0.3) is 0 Å². The molecule has 0 saturated carbocycles. The predicted molar refractivity (Wildman–Crippen MR) is 114 cm³/mol. The van der Waals surface area contributed by atoms with Gasteiger partial charge in [0.2, 0.25) is 0 Å². The van der Waals surface area contributed by atoms with Gasteiger partial charge in [0.1, 0.15) is 0 Å². The van der Waals surface area contributed by atoms with Crippen LogP contribution in [0.2, 0.25) is 0 Å². The fourth-order valence-electron chi connectivity index (χ4n) is 4.85. The molecule has 3 unspecified atom stereocenters. The number of rotatable bonds is 3. The number of carboxylic acids is 1. The lowest BCUT2D eigenvalue weighted by atomic mass is 9.78. The highest BCUT2D eigenvalue weighted by Gasteiger charge is 2.44. The second kappa shape index (κ2) is 7.94. The van der Waals surface area contributed by atoms with E-state index in [2.05, 4.69) is 46.8 Å². The Morgan fingerprint density at radius 2 is 1.93 bits per heavy atom. The monoisotopic (exact) mass is 449 g/mol. The Kier molecular flexibility index (Phi) is 5.99. The number of hydrogen-bond donors (Lipinski definition) is 1. The summed E-state index contributed by atoms with van der Waals surface area (Å²) in [6, 6.07) is 12.2. The number of nitrogens with zero attached hydrogens (tertiary/aromatic N) is 1. The molecule has 2 aromatic carbocycles. The van der Waals surface area contributed by atoms with Gasteiger partial charge in [-0.2, -0.15) is 0 Å². The van der Waals surface area contributed by atoms with E-state index in [-0.39, 0.29) is 12.4 Å². The molecule has 0 amide bonds. The molecule has 1 heterocycles. The van der Waals surface area contributed by atoms with Crippen molar-refractivity contribution in [1.29, 1.82) is 0 Å². The zero-order valence-corrected chi connectivity index (χ0v) is 18.0. The molecule has 4 rings (SSSR count). The quantitative estimate of drug-likeness (QED) is 0.676. The standard InChI is InChI=1S/C22H24BrNO2.ClH/c1-3-24-9-8-16-19(12-24)17-11-20(23)13(2)10-18(17)21(16)14-4-6-15(7-5-14)22(25)26;/h4-7,10-11,16,19,21H,3,8-9,12H2,1-2H3,(H,25,26);1H. The van der Waals surface area contributed by atoms with Gasteiger partial charge in [0.15, 0.2) is 0 Å². The Balaban J connectivity index is 0.00000210. The third-order valence-electron chi connectivity index (χ3n) is 6.24. The Bertz CT molecular complexity index is 852. The van der Waals surface area contributed by atoms with E-state index in [9.17, 15) is 9.90 Å². The third kappa shape index (κ3) is 3.55. The minimum atomic E-state index is -0.864. The van der Waals surface area contributed by atoms with E-state index >= 15 is 0 Å². The Labute approximate surface area is 175 Å². The fraction of sp³-hybridized carbons (Fsp3) is 0.409. The van der Waals surface area contributed by atoms with Gasteiger partial charge >= 0.3 is 5.97 Å². The molecule has 2 aliphatic rings. The van der Waals surface area contributed by atoms with Crippen molar-refractivity contribution in [2.45, 2.75) is 32.1 Å². The summed E-state index contributed by atoms with van der Waals surface area (Å²) < 4.78 is 1.19. The molecule has 5 heteroatoms. The van der Waals surface area contributed by atoms with Crippen LogP contribution in [0.3, 0.4) is 0 Å². The van der Waals surface area contributed by atoms with Crippen LogP contribution in [0.4, 0.5) is 0 Å². The molecular formula is C22H25BrClNO2. The van der Waals surface area contributed by atoms with Crippen molar-refractivity contribution in [3.8, 4) is 0 Å². The summed E-state index contributed by atoms with van der Waals surface area (Å²) in [7, 11) is 0. The van der Waals surface area contributed by atoms with E-state index in [0.717, 1.165) is 19.6 Å². The van der Waals surface area contributed by atoms with Crippen LogP contribution in [0.1, 0.15) is 57.8 Å². The van der Waals surface area contributed by atoms with Crippen molar-refractivity contribution in [3.63, 3.8) is 0 Å². The van der Waals surface area contributed by atoms with Crippen LogP contribution in [0.15, 0.2) is 40.9 Å². The zero-order chi connectivity index (χ0) is 18.4. The highest BCUT2D eigenvalue weighted by Crippen LogP contribution is 2.54. The summed E-state index contributed by atoms with van der Waals surface area (Å²) in [6.07, 6.45) is 1.19. The van der Waals surface area contributed by atoms with Crippen LogP contribution in [-0.2, 0) is 0 Å². The van der Waals surface area contributed by atoms with Crippen LogP contribution in [0, 0.1) is 12.8 Å². The van der Waals surface area contributed by atoms with Crippen molar-refractivity contribution >= 4 is 34.3 Å². The van der Waals surface area contributed by atoms with Crippen LogP contribution in [0.25, 0.3) is 0 Å². The first kappa shape index (κ1) is 20.4. The van der Waals surface area contributed by atoms with Crippen molar-refractivity contribution in [3.05, 3.63) is 68.7 Å². The molecule has 27 heavy (non-hydrogen) atoms. The maximum atomic E-state index is 11.2. The van der Waals surface area contributed by atoms with Crippen LogP contribution in [-0.4, -0.2) is 35.6 Å². The normalized spacial score (nSPS) is 24.0. The van der Waals surface area contributed by atoms with E-state index in [4.69, 9.17) is 0 Å². The molecular weight excluding hydrogens is 426 g/mol. The summed E-state index contributed by atoms with van der Waals surface area (Å²) >= 11 is 3.72. The second-order valence-corrected chi connectivity index (χ2v) is 8.44. The van der Waals surface area contributed by atoms with Crippen molar-refractivity contribution in [1.82, 2.24) is 4.90 Å². The maximum absolute atomic E-state index is 11.2. The number of aromatic carboxylic acids is 1. The summed E-state index contributed by atoms with van der Waals surface area (Å²) in [5.74, 6) is 0.651. The number of fused-ring (bicyclic) bond motifs is 3. The molecule has 144 valence electrons. The predicted octanol–water partition coefficient (Wildman–Crippen LogP) is 5.45. The molecule has 1 aliphatic carbocycles. The molecule has 1 N–H and O–H groups in total. The van der Waals surface area contributed by atoms with Gasteiger partial charge in [-0.1, -0.05) is 41.1 Å². The molecule has 1 fully saturated rings. The lowest BCUT2D eigenvalue weighted by molar-refractivity contribution is 0.0697. The summed E-state index contributed by atoms with van der Waals surface area (Å²) in [5, 5.41) is 9.20. The van der Waals surface area contributed by atoms with E-state index < -0.39 is 5.97 Å². The number of carboxylic acid groups (broad SMARTS) is 1. The number of likely N-dealkylation sites (N-methyl/N-ethyl adjacent to an activating group) is 1. The van der Waals surface area contributed by atoms with Gasteiger partial charge in [0.05, 0.1) is 5.56 Å². The average molecular weight is 451 g/mol. The Morgan fingerprint density at radius 3 is 2.56 bits per heavy atom. The first-order chi connectivity index (χ1) is 12.5. The second-order valence-electron chi connectivity index (χ2n) is 7.59. The lowest BCUT2D eigenvalue weighted by Gasteiger charge is -2.37. The van der Waals surface area contributed by atoms with Crippen molar-refractivity contribution in [2.24, 2.45) is 5.92 Å². The highest BCUT2D eigenvalue weighted by molar-refractivity contribution is 9.10. The molecule has 3 nitrogen and oxygen atoms in total. The first-order valence-electron chi connectivity index (χ1n) is 9.35. The van der Waals surface area contributed by atoms with Crippen LogP contribution >= 0.6 is 28.3 Å². The molecule has 1 aliphatic heterocycles. The molecule has 0 bridgehead atoms. The SMILES string of the molecule is CCN1CCC2C(C1)c1cc(Br)c(C)cc1C2c1ccc(C(=O)O)cc1.Cl. The summed E-state index contributed by atoms with van der Waals surface area (Å²) in [4.78, 5) is 13.8. The van der Waals surface area contributed by atoms with Gasteiger partial charge in [-0.15, -0.1) is 12.4 Å². The van der Waals surface area contributed by atoms with E-state index in [1.165, 1.54) is 33.1 Å². The Hall–Kier alpha value is -1.36. The number of carbonyl (C=O) groups is 1. The molecule has 1 saturated heterocycles. The number of benzene rings is 2. The minimum Gasteiger partial charge on any atom is -0.478 e. The van der Waals surface area contributed by atoms with E-state index in [1.807, 2.05) is 12.1 Å². The van der Waals surface area contributed by atoms with Crippen LogP contribution in [0.5, 0.6) is 0 Å². The topological polar surface area (TPSA) is 40.5 Å². The maximum Gasteiger partial charge on any atom is 0.335 e. The molecule has 0 radical (unpaired) electrons. The average Bonchev–Trinajstić information content (AvgIpc) is 2.94. The number of piperidine rings is 1. The molecule has 3 atom stereocenters.